The van der Waals surface area contributed by atoms with Crippen LogP contribution in [0.1, 0.15) is 66.7 Å². The molecule has 0 amide bonds. The lowest BCUT2D eigenvalue weighted by Crippen LogP contribution is -2.07. The summed E-state index contributed by atoms with van der Waals surface area (Å²) < 4.78 is 10.4. The fourth-order valence-corrected chi connectivity index (χ4v) is 1.14. The highest BCUT2D eigenvalue weighted by atomic mass is 16.5. The Balaban J connectivity index is 0. The van der Waals surface area contributed by atoms with Gasteiger partial charge < -0.3 is 9.47 Å². The molecule has 0 spiro atoms. The van der Waals surface area contributed by atoms with Crippen LogP contribution in [-0.2, 0) is 9.47 Å². The molecule has 0 saturated carbocycles. The van der Waals surface area contributed by atoms with Gasteiger partial charge in [0.25, 0.3) is 0 Å². The minimum absolute atomic E-state index is 0.455. The van der Waals surface area contributed by atoms with Crippen molar-refractivity contribution in [1.82, 2.24) is 0 Å². The largest absolute Gasteiger partial charge is 0.382 e. The van der Waals surface area contributed by atoms with Crippen LogP contribution in [0.3, 0.4) is 0 Å². The van der Waals surface area contributed by atoms with Crippen molar-refractivity contribution in [2.45, 2.75) is 72.8 Å². The molecule has 0 aliphatic carbocycles. The van der Waals surface area contributed by atoms with Crippen molar-refractivity contribution >= 4 is 0 Å². The van der Waals surface area contributed by atoms with Gasteiger partial charge in [-0.15, -0.1) is 0 Å². The van der Waals surface area contributed by atoms with Crippen molar-refractivity contribution in [3.05, 3.63) is 0 Å². The number of hydrogen-bond donors (Lipinski definition) is 0. The summed E-state index contributed by atoms with van der Waals surface area (Å²) in [5, 5.41) is 0. The fraction of sp³-hybridized carbons (Fsp3) is 1.00. The quantitative estimate of drug-likeness (QED) is 0.548. The molecular weight excluding hydrogens is 200 g/mol. The summed E-state index contributed by atoms with van der Waals surface area (Å²) in [6.45, 7) is 13.2. The van der Waals surface area contributed by atoms with Gasteiger partial charge in [0.2, 0.25) is 0 Å². The van der Waals surface area contributed by atoms with Crippen LogP contribution < -0.4 is 0 Å². The van der Waals surface area contributed by atoms with Crippen molar-refractivity contribution in [1.29, 1.82) is 0 Å². The van der Waals surface area contributed by atoms with E-state index in [2.05, 4.69) is 20.8 Å². The van der Waals surface area contributed by atoms with Crippen LogP contribution in [0.25, 0.3) is 0 Å². The van der Waals surface area contributed by atoms with E-state index in [1.165, 1.54) is 25.7 Å². The van der Waals surface area contributed by atoms with E-state index < -0.39 is 0 Å². The van der Waals surface area contributed by atoms with Gasteiger partial charge in [0, 0.05) is 19.8 Å². The zero-order chi connectivity index (χ0) is 12.6. The Labute approximate surface area is 103 Å². The Morgan fingerprint density at radius 2 is 1.50 bits per heavy atom. The summed E-state index contributed by atoms with van der Waals surface area (Å²) in [6.07, 6.45) is 6.81. The first-order chi connectivity index (χ1) is 7.72. The first kappa shape index (κ1) is 18.3. The van der Waals surface area contributed by atoms with Gasteiger partial charge in [0.05, 0.1) is 6.10 Å². The molecule has 100 valence electrons. The van der Waals surface area contributed by atoms with Gasteiger partial charge in [-0.25, -0.2) is 0 Å². The number of rotatable bonds is 9. The Hall–Kier alpha value is -0.0800. The van der Waals surface area contributed by atoms with E-state index >= 15 is 0 Å². The molecule has 2 heteroatoms. The minimum atomic E-state index is 0.455. The molecule has 0 saturated heterocycles. The van der Waals surface area contributed by atoms with Gasteiger partial charge in [-0.2, -0.15) is 0 Å². The van der Waals surface area contributed by atoms with Gasteiger partial charge in [-0.05, 0) is 33.6 Å². The first-order valence-corrected chi connectivity index (χ1v) is 6.92. The summed E-state index contributed by atoms with van der Waals surface area (Å²) in [6, 6.07) is 0. The molecule has 0 bridgehead atoms. The monoisotopic (exact) mass is 232 g/mol. The van der Waals surface area contributed by atoms with Crippen molar-refractivity contribution in [3.8, 4) is 0 Å². The second-order valence-electron chi connectivity index (χ2n) is 3.93. The highest BCUT2D eigenvalue weighted by molar-refractivity contribution is 4.45. The van der Waals surface area contributed by atoms with E-state index in [-0.39, 0.29) is 0 Å². The second kappa shape index (κ2) is 17.3. The van der Waals surface area contributed by atoms with Crippen LogP contribution >= 0.6 is 0 Å². The highest BCUT2D eigenvalue weighted by Gasteiger charge is 1.96. The van der Waals surface area contributed by atoms with E-state index in [1.807, 2.05) is 13.8 Å². The zero-order valence-corrected chi connectivity index (χ0v) is 12.1. The van der Waals surface area contributed by atoms with Crippen LogP contribution in [0.2, 0.25) is 0 Å². The molecule has 0 N–H and O–H groups in total. The molecule has 0 aromatic carbocycles. The van der Waals surface area contributed by atoms with Gasteiger partial charge in [-0.1, -0.05) is 33.1 Å². The van der Waals surface area contributed by atoms with Gasteiger partial charge in [0.15, 0.2) is 0 Å². The summed E-state index contributed by atoms with van der Waals surface area (Å²) in [7, 11) is 0. The molecule has 1 unspecified atom stereocenters. The third kappa shape index (κ3) is 19.5. The van der Waals surface area contributed by atoms with Crippen LogP contribution in [0.15, 0.2) is 0 Å². The molecule has 0 aliphatic rings. The van der Waals surface area contributed by atoms with Gasteiger partial charge in [0.1, 0.15) is 0 Å². The fourth-order valence-electron chi connectivity index (χ4n) is 1.14. The lowest BCUT2D eigenvalue weighted by molar-refractivity contribution is 0.0608. The molecule has 0 heterocycles. The average molecular weight is 232 g/mol. The Bertz CT molecular complexity index is 103. The van der Waals surface area contributed by atoms with Crippen LogP contribution in [-0.4, -0.2) is 25.9 Å². The molecule has 0 radical (unpaired) electrons. The van der Waals surface area contributed by atoms with Crippen molar-refractivity contribution < 1.29 is 9.47 Å². The normalized spacial score (nSPS) is 11.8. The molecule has 0 rings (SSSR count). The second-order valence-corrected chi connectivity index (χ2v) is 3.93. The first-order valence-electron chi connectivity index (χ1n) is 6.92. The van der Waals surface area contributed by atoms with Crippen LogP contribution in [0.5, 0.6) is 0 Å². The van der Waals surface area contributed by atoms with Gasteiger partial charge >= 0.3 is 0 Å². The number of hydrogen-bond acceptors (Lipinski definition) is 2. The predicted molar refractivity (Wildman–Crippen MR) is 72.0 cm³/mol. The summed E-state index contributed by atoms with van der Waals surface area (Å²) in [5.74, 6) is 0. The minimum Gasteiger partial charge on any atom is -0.382 e. The molecule has 2 nitrogen and oxygen atoms in total. The van der Waals surface area contributed by atoms with E-state index in [0.717, 1.165) is 26.2 Å². The lowest BCUT2D eigenvalue weighted by Gasteiger charge is -2.09. The summed E-state index contributed by atoms with van der Waals surface area (Å²) >= 11 is 0. The summed E-state index contributed by atoms with van der Waals surface area (Å²) in [5.41, 5.74) is 0. The SMILES string of the molecule is CCCCCCOC(C)CC.CCOCC. The highest BCUT2D eigenvalue weighted by Crippen LogP contribution is 2.02. The molecule has 0 aromatic rings. The molecule has 16 heavy (non-hydrogen) atoms. The summed E-state index contributed by atoms with van der Waals surface area (Å²) in [4.78, 5) is 0. The maximum atomic E-state index is 5.54. The maximum absolute atomic E-state index is 5.54. The third-order valence-electron chi connectivity index (χ3n) is 2.38. The van der Waals surface area contributed by atoms with Crippen molar-refractivity contribution in [2.75, 3.05) is 19.8 Å². The Morgan fingerprint density at radius 3 is 1.88 bits per heavy atom. The molecular formula is C14H32O2. The average Bonchev–Trinajstić information content (AvgIpc) is 2.30. The van der Waals surface area contributed by atoms with Gasteiger partial charge in [-0.3, -0.25) is 0 Å². The van der Waals surface area contributed by atoms with Crippen molar-refractivity contribution in [2.24, 2.45) is 0 Å². The maximum Gasteiger partial charge on any atom is 0.0544 e. The van der Waals surface area contributed by atoms with E-state index in [0.29, 0.717) is 6.10 Å². The van der Waals surface area contributed by atoms with E-state index in [9.17, 15) is 0 Å². The molecule has 1 atom stereocenters. The number of unbranched alkanes of at least 4 members (excludes halogenated alkanes) is 3. The molecule has 0 aromatic heterocycles. The van der Waals surface area contributed by atoms with Crippen LogP contribution in [0, 0.1) is 0 Å². The number of ether oxygens (including phenoxy) is 2. The van der Waals surface area contributed by atoms with E-state index in [4.69, 9.17) is 9.47 Å². The van der Waals surface area contributed by atoms with Crippen LogP contribution in [0.4, 0.5) is 0 Å². The lowest BCUT2D eigenvalue weighted by atomic mass is 10.2. The topological polar surface area (TPSA) is 18.5 Å². The standard InChI is InChI=1S/C10H22O.C4H10O/c1-4-6-7-8-9-11-10(3)5-2;1-3-5-4-2/h10H,4-9H2,1-3H3;3-4H2,1-2H3. The predicted octanol–water partition coefficient (Wildman–Crippen LogP) is 4.42. The van der Waals surface area contributed by atoms with Crippen molar-refractivity contribution in [3.63, 3.8) is 0 Å². The Morgan fingerprint density at radius 1 is 0.875 bits per heavy atom. The van der Waals surface area contributed by atoms with E-state index in [1.54, 1.807) is 0 Å². The third-order valence-corrected chi connectivity index (χ3v) is 2.38. The Kier molecular flexibility index (Phi) is 19.8. The smallest absolute Gasteiger partial charge is 0.0544 e. The zero-order valence-electron chi connectivity index (χ0n) is 12.1. The molecule has 0 fully saturated rings. The molecule has 0 aliphatic heterocycles.